The molecule has 0 N–H and O–H groups in total. The molecule has 0 amide bonds. The van der Waals surface area contributed by atoms with Gasteiger partial charge < -0.3 is 0 Å². The van der Waals surface area contributed by atoms with Crippen LogP contribution in [0.2, 0.25) is 0 Å². The highest BCUT2D eigenvalue weighted by Crippen LogP contribution is 2.18. The summed E-state index contributed by atoms with van der Waals surface area (Å²) in [6.45, 7) is 2.20. The zero-order valence-electron chi connectivity index (χ0n) is 5.60. The topological polar surface area (TPSA) is 0 Å². The fraction of sp³-hybridized carbons (Fsp3) is 0.500. The first-order chi connectivity index (χ1) is 4.33. The molecule has 1 heteroatoms. The van der Waals surface area contributed by atoms with E-state index in [1.54, 1.807) is 0 Å². The molecule has 1 aliphatic rings. The Bertz CT molecular complexity index is 145. The van der Waals surface area contributed by atoms with Crippen LogP contribution in [0.15, 0.2) is 23.8 Å². The molecule has 0 saturated heterocycles. The van der Waals surface area contributed by atoms with Crippen molar-refractivity contribution in [2.75, 3.05) is 5.88 Å². The third-order valence-corrected chi connectivity index (χ3v) is 1.87. The second-order valence-electron chi connectivity index (χ2n) is 2.52. The Labute approximate surface area is 61.2 Å². The molecule has 0 aliphatic heterocycles. The second-order valence-corrected chi connectivity index (χ2v) is 2.79. The van der Waals surface area contributed by atoms with Crippen LogP contribution in [-0.4, -0.2) is 5.88 Å². The van der Waals surface area contributed by atoms with Gasteiger partial charge >= 0.3 is 0 Å². The number of hydrogen-bond donors (Lipinski definition) is 0. The summed E-state index contributed by atoms with van der Waals surface area (Å²) >= 11 is 5.64. The lowest BCUT2D eigenvalue weighted by Crippen LogP contribution is -1.97. The predicted octanol–water partition coefficient (Wildman–Crippen LogP) is 2.75. The summed E-state index contributed by atoms with van der Waals surface area (Å²) in [5.41, 5.74) is 1.35. The van der Waals surface area contributed by atoms with Crippen molar-refractivity contribution in [3.8, 4) is 0 Å². The summed E-state index contributed by atoms with van der Waals surface area (Å²) in [5, 5.41) is 0. The van der Waals surface area contributed by atoms with E-state index in [1.807, 2.05) is 0 Å². The number of allylic oxidation sites excluding steroid dienone is 4. The molecule has 1 aliphatic carbocycles. The van der Waals surface area contributed by atoms with Gasteiger partial charge in [-0.15, -0.1) is 11.6 Å². The minimum absolute atomic E-state index is 0.684. The quantitative estimate of drug-likeness (QED) is 0.494. The van der Waals surface area contributed by atoms with E-state index in [2.05, 4.69) is 25.2 Å². The summed E-state index contributed by atoms with van der Waals surface area (Å²) in [4.78, 5) is 0. The Kier molecular flexibility index (Phi) is 2.35. The van der Waals surface area contributed by atoms with Crippen molar-refractivity contribution in [3.63, 3.8) is 0 Å². The molecular weight excluding hydrogens is 132 g/mol. The smallest absolute Gasteiger partial charge is 0.0436 e. The molecular formula is C8H11Cl. The molecule has 1 rings (SSSR count). The standard InChI is InChI=1S/C8H11Cl/c1-7-3-2-4-8(5-7)6-9/h2-4,7H,5-6H2,1H3. The van der Waals surface area contributed by atoms with Gasteiger partial charge in [-0.3, -0.25) is 0 Å². The van der Waals surface area contributed by atoms with Crippen LogP contribution in [0.5, 0.6) is 0 Å². The molecule has 0 heterocycles. The van der Waals surface area contributed by atoms with Crippen LogP contribution in [0.4, 0.5) is 0 Å². The normalized spacial score (nSPS) is 26.0. The zero-order chi connectivity index (χ0) is 6.69. The lowest BCUT2D eigenvalue weighted by atomic mass is 9.97. The van der Waals surface area contributed by atoms with Gasteiger partial charge in [-0.05, 0) is 12.3 Å². The minimum Gasteiger partial charge on any atom is -0.122 e. The molecule has 0 bridgehead atoms. The summed E-state index contributed by atoms with van der Waals surface area (Å²) in [6, 6.07) is 0. The fourth-order valence-corrected chi connectivity index (χ4v) is 1.23. The third kappa shape index (κ3) is 1.87. The molecule has 0 aromatic heterocycles. The molecule has 1 atom stereocenters. The van der Waals surface area contributed by atoms with Crippen molar-refractivity contribution >= 4 is 11.6 Å². The highest BCUT2D eigenvalue weighted by atomic mass is 35.5. The van der Waals surface area contributed by atoms with E-state index < -0.39 is 0 Å². The van der Waals surface area contributed by atoms with E-state index in [4.69, 9.17) is 11.6 Å². The van der Waals surface area contributed by atoms with Crippen molar-refractivity contribution in [1.29, 1.82) is 0 Å². The number of alkyl halides is 1. The zero-order valence-corrected chi connectivity index (χ0v) is 6.36. The Morgan fingerprint density at radius 2 is 2.56 bits per heavy atom. The van der Waals surface area contributed by atoms with Crippen LogP contribution in [0.3, 0.4) is 0 Å². The van der Waals surface area contributed by atoms with Gasteiger partial charge in [0.1, 0.15) is 0 Å². The van der Waals surface area contributed by atoms with Crippen LogP contribution >= 0.6 is 11.6 Å². The van der Waals surface area contributed by atoms with Gasteiger partial charge in [0, 0.05) is 5.88 Å². The molecule has 9 heavy (non-hydrogen) atoms. The monoisotopic (exact) mass is 142 g/mol. The van der Waals surface area contributed by atoms with Gasteiger partial charge in [0.25, 0.3) is 0 Å². The minimum atomic E-state index is 0.684. The van der Waals surface area contributed by atoms with Gasteiger partial charge in [-0.1, -0.05) is 30.7 Å². The first-order valence-corrected chi connectivity index (χ1v) is 3.78. The van der Waals surface area contributed by atoms with E-state index in [0.717, 1.165) is 6.42 Å². The molecule has 0 spiro atoms. The van der Waals surface area contributed by atoms with Crippen molar-refractivity contribution in [3.05, 3.63) is 23.8 Å². The summed E-state index contributed by atoms with van der Waals surface area (Å²) in [7, 11) is 0. The number of hydrogen-bond acceptors (Lipinski definition) is 0. The molecule has 0 saturated carbocycles. The van der Waals surface area contributed by atoms with E-state index in [9.17, 15) is 0 Å². The highest BCUT2D eigenvalue weighted by molar-refractivity contribution is 6.19. The molecule has 0 nitrogen and oxygen atoms in total. The molecule has 0 fully saturated rings. The predicted molar refractivity (Wildman–Crippen MR) is 41.7 cm³/mol. The number of halogens is 1. The summed E-state index contributed by atoms with van der Waals surface area (Å²) in [5.74, 6) is 1.37. The van der Waals surface area contributed by atoms with Crippen molar-refractivity contribution < 1.29 is 0 Å². The van der Waals surface area contributed by atoms with Crippen LogP contribution in [0.25, 0.3) is 0 Å². The van der Waals surface area contributed by atoms with Crippen LogP contribution in [0.1, 0.15) is 13.3 Å². The summed E-state index contributed by atoms with van der Waals surface area (Å²) in [6.07, 6.45) is 7.54. The first-order valence-electron chi connectivity index (χ1n) is 3.25. The Morgan fingerprint density at radius 1 is 1.78 bits per heavy atom. The van der Waals surface area contributed by atoms with Crippen LogP contribution in [0, 0.1) is 5.92 Å². The third-order valence-electron chi connectivity index (χ3n) is 1.53. The fourth-order valence-electron chi connectivity index (χ4n) is 1.03. The maximum atomic E-state index is 5.64. The Morgan fingerprint density at radius 3 is 3.00 bits per heavy atom. The Hall–Kier alpha value is -0.230. The molecule has 0 aromatic carbocycles. The van der Waals surface area contributed by atoms with E-state index in [-0.39, 0.29) is 0 Å². The number of rotatable bonds is 1. The van der Waals surface area contributed by atoms with Crippen LogP contribution in [-0.2, 0) is 0 Å². The van der Waals surface area contributed by atoms with E-state index >= 15 is 0 Å². The van der Waals surface area contributed by atoms with Crippen molar-refractivity contribution in [2.24, 2.45) is 5.92 Å². The largest absolute Gasteiger partial charge is 0.122 e. The lowest BCUT2D eigenvalue weighted by Gasteiger charge is -2.10. The lowest BCUT2D eigenvalue weighted by molar-refractivity contribution is 0.708. The first kappa shape index (κ1) is 6.88. The average Bonchev–Trinajstić information content (AvgIpc) is 1.88. The van der Waals surface area contributed by atoms with Gasteiger partial charge in [0.2, 0.25) is 0 Å². The molecule has 0 radical (unpaired) electrons. The van der Waals surface area contributed by atoms with E-state index in [1.165, 1.54) is 5.57 Å². The van der Waals surface area contributed by atoms with E-state index in [0.29, 0.717) is 11.8 Å². The SMILES string of the molecule is CC1C=CC=C(CCl)C1. The second kappa shape index (κ2) is 3.07. The van der Waals surface area contributed by atoms with Gasteiger partial charge in [0.15, 0.2) is 0 Å². The summed E-state index contributed by atoms with van der Waals surface area (Å²) < 4.78 is 0. The van der Waals surface area contributed by atoms with Gasteiger partial charge in [0.05, 0.1) is 0 Å². The molecule has 1 unspecified atom stereocenters. The average molecular weight is 143 g/mol. The van der Waals surface area contributed by atoms with Crippen LogP contribution < -0.4 is 0 Å². The maximum absolute atomic E-state index is 5.64. The highest BCUT2D eigenvalue weighted by Gasteiger charge is 2.03. The van der Waals surface area contributed by atoms with Crippen molar-refractivity contribution in [1.82, 2.24) is 0 Å². The molecule has 0 aromatic rings. The maximum Gasteiger partial charge on any atom is 0.0436 e. The van der Waals surface area contributed by atoms with Gasteiger partial charge in [-0.25, -0.2) is 0 Å². The van der Waals surface area contributed by atoms with Gasteiger partial charge in [-0.2, -0.15) is 0 Å². The molecule has 50 valence electrons. The Balaban J connectivity index is 2.55. The van der Waals surface area contributed by atoms with Crippen molar-refractivity contribution in [2.45, 2.75) is 13.3 Å².